The van der Waals surface area contributed by atoms with Gasteiger partial charge in [0.25, 0.3) is 0 Å². The molecule has 0 N–H and O–H groups in total. The smallest absolute Gasteiger partial charge is 0.141 e. The molecule has 1 atom stereocenters. The summed E-state index contributed by atoms with van der Waals surface area (Å²) < 4.78 is 2.10. The van der Waals surface area contributed by atoms with Crippen molar-refractivity contribution < 1.29 is 0 Å². The van der Waals surface area contributed by atoms with E-state index in [0.717, 1.165) is 18.9 Å². The molecule has 0 spiro atoms. The van der Waals surface area contributed by atoms with Crippen molar-refractivity contribution in [3.05, 3.63) is 35.2 Å². The number of aromatic nitrogens is 4. The van der Waals surface area contributed by atoms with E-state index in [-0.39, 0.29) is 0 Å². The van der Waals surface area contributed by atoms with Crippen molar-refractivity contribution in [3.63, 3.8) is 0 Å². The number of hydrogen-bond donors (Lipinski definition) is 0. The van der Waals surface area contributed by atoms with Crippen molar-refractivity contribution in [2.45, 2.75) is 44.6 Å². The zero-order valence-electron chi connectivity index (χ0n) is 13.7. The number of hydrogen-bond acceptors (Lipinski definition) is 5. The molecule has 6 heteroatoms. The number of rotatable bonds is 2. The van der Waals surface area contributed by atoms with Gasteiger partial charge in [0.05, 0.1) is 11.4 Å². The molecule has 3 aromatic heterocycles. The second-order valence-corrected chi connectivity index (χ2v) is 7.90. The van der Waals surface area contributed by atoms with Gasteiger partial charge in [0.15, 0.2) is 0 Å². The number of thiophene rings is 1. The van der Waals surface area contributed by atoms with E-state index >= 15 is 0 Å². The molecule has 2 aliphatic rings. The molecule has 1 fully saturated rings. The average Bonchev–Trinajstić information content (AvgIpc) is 3.29. The van der Waals surface area contributed by atoms with Gasteiger partial charge in [0, 0.05) is 30.4 Å². The molecular weight excluding hydrogens is 318 g/mol. The molecule has 4 heterocycles. The molecule has 3 aromatic rings. The number of piperidine rings is 1. The Kier molecular flexibility index (Phi) is 3.51. The summed E-state index contributed by atoms with van der Waals surface area (Å²) in [6, 6.07) is 2.45. The first kappa shape index (κ1) is 14.4. The van der Waals surface area contributed by atoms with Crippen LogP contribution in [-0.2, 0) is 12.8 Å². The summed E-state index contributed by atoms with van der Waals surface area (Å²) in [5.41, 5.74) is 1.53. The van der Waals surface area contributed by atoms with E-state index < -0.39 is 0 Å². The Hall–Kier alpha value is -1.95. The summed E-state index contributed by atoms with van der Waals surface area (Å²) in [5, 5.41) is 5.78. The van der Waals surface area contributed by atoms with Gasteiger partial charge in [0.2, 0.25) is 0 Å². The zero-order valence-corrected chi connectivity index (χ0v) is 14.5. The van der Waals surface area contributed by atoms with E-state index in [1.165, 1.54) is 54.3 Å². The molecular formula is C18H21N5S. The molecule has 0 amide bonds. The summed E-state index contributed by atoms with van der Waals surface area (Å²) in [6.07, 6.45) is 13.1. The van der Waals surface area contributed by atoms with Crippen LogP contribution in [0.4, 0.5) is 5.82 Å². The maximum Gasteiger partial charge on any atom is 0.141 e. The van der Waals surface area contributed by atoms with E-state index in [1.807, 2.05) is 23.6 Å². The molecule has 0 radical (unpaired) electrons. The maximum absolute atomic E-state index is 4.72. The van der Waals surface area contributed by atoms with Crippen LogP contribution in [0.2, 0.25) is 0 Å². The van der Waals surface area contributed by atoms with Gasteiger partial charge in [-0.15, -0.1) is 11.3 Å². The minimum absolute atomic E-state index is 0.438. The predicted octanol–water partition coefficient (Wildman–Crippen LogP) is 3.61. The van der Waals surface area contributed by atoms with Gasteiger partial charge in [-0.3, -0.25) is 4.68 Å². The molecule has 0 aromatic carbocycles. The first-order valence-corrected chi connectivity index (χ1v) is 9.71. The minimum Gasteiger partial charge on any atom is -0.354 e. The second-order valence-electron chi connectivity index (χ2n) is 6.82. The van der Waals surface area contributed by atoms with Crippen LogP contribution in [0.25, 0.3) is 10.2 Å². The van der Waals surface area contributed by atoms with Crippen LogP contribution in [0.5, 0.6) is 0 Å². The Morgan fingerprint density at radius 3 is 3.00 bits per heavy atom. The second kappa shape index (κ2) is 5.84. The fourth-order valence-corrected chi connectivity index (χ4v) is 5.40. The Bertz CT molecular complexity index is 854. The molecule has 0 saturated carbocycles. The van der Waals surface area contributed by atoms with Crippen LogP contribution in [0.15, 0.2) is 24.8 Å². The van der Waals surface area contributed by atoms with Crippen molar-refractivity contribution >= 4 is 27.4 Å². The lowest BCUT2D eigenvalue weighted by Crippen LogP contribution is -2.37. The Morgan fingerprint density at radius 1 is 1.12 bits per heavy atom. The van der Waals surface area contributed by atoms with Gasteiger partial charge in [-0.25, -0.2) is 9.97 Å². The van der Waals surface area contributed by atoms with E-state index in [9.17, 15) is 0 Å². The molecule has 1 unspecified atom stereocenters. The third-order valence-electron chi connectivity index (χ3n) is 5.33. The lowest BCUT2D eigenvalue weighted by Gasteiger charge is -2.34. The standard InChI is InChI=1S/C18H21N5S/c1-2-7-15-14(6-1)16-17(19-12-20-18(16)24-15)22-9-3-5-13(11-22)23-10-4-8-21-23/h4,8,10,12-13H,1-3,5-7,9,11H2. The Balaban J connectivity index is 1.55. The van der Waals surface area contributed by atoms with E-state index in [1.54, 1.807) is 11.2 Å². The zero-order chi connectivity index (χ0) is 15.9. The normalized spacial score (nSPS) is 21.2. The van der Waals surface area contributed by atoms with Gasteiger partial charge < -0.3 is 4.90 Å². The fourth-order valence-electron chi connectivity index (χ4n) is 4.17. The molecule has 5 rings (SSSR count). The van der Waals surface area contributed by atoms with Gasteiger partial charge in [-0.2, -0.15) is 5.10 Å². The van der Waals surface area contributed by atoms with Gasteiger partial charge in [-0.05, 0) is 50.2 Å². The van der Waals surface area contributed by atoms with Gasteiger partial charge >= 0.3 is 0 Å². The topological polar surface area (TPSA) is 46.8 Å². The number of anilines is 1. The number of aryl methyl sites for hydroxylation is 2. The monoisotopic (exact) mass is 339 g/mol. The summed E-state index contributed by atoms with van der Waals surface area (Å²) >= 11 is 1.88. The lowest BCUT2D eigenvalue weighted by molar-refractivity contribution is 0.375. The summed E-state index contributed by atoms with van der Waals surface area (Å²) in [4.78, 5) is 14.5. The Morgan fingerprint density at radius 2 is 2.08 bits per heavy atom. The van der Waals surface area contributed by atoms with Crippen LogP contribution in [0, 0.1) is 0 Å². The highest BCUT2D eigenvalue weighted by atomic mass is 32.1. The van der Waals surface area contributed by atoms with Crippen molar-refractivity contribution in [2.75, 3.05) is 18.0 Å². The largest absolute Gasteiger partial charge is 0.354 e. The Labute approximate surface area is 145 Å². The molecule has 124 valence electrons. The van der Waals surface area contributed by atoms with Crippen molar-refractivity contribution in [1.82, 2.24) is 19.7 Å². The summed E-state index contributed by atoms with van der Waals surface area (Å²) in [6.45, 7) is 2.06. The lowest BCUT2D eigenvalue weighted by atomic mass is 9.96. The summed E-state index contributed by atoms with van der Waals surface area (Å²) in [5.74, 6) is 1.15. The third-order valence-corrected chi connectivity index (χ3v) is 6.53. The molecule has 1 aliphatic carbocycles. The third kappa shape index (κ3) is 2.32. The maximum atomic E-state index is 4.72. The SMILES string of the molecule is c1cnn(C2CCCN(c3ncnc4sc5c(c34)CCCC5)C2)c1. The van der Waals surface area contributed by atoms with E-state index in [0.29, 0.717) is 6.04 Å². The predicted molar refractivity (Wildman–Crippen MR) is 96.8 cm³/mol. The van der Waals surface area contributed by atoms with Crippen molar-refractivity contribution in [2.24, 2.45) is 0 Å². The average molecular weight is 339 g/mol. The first-order valence-electron chi connectivity index (χ1n) is 8.89. The van der Waals surface area contributed by atoms with Crippen LogP contribution < -0.4 is 4.90 Å². The quantitative estimate of drug-likeness (QED) is 0.715. The molecule has 24 heavy (non-hydrogen) atoms. The van der Waals surface area contributed by atoms with Crippen LogP contribution in [0.3, 0.4) is 0 Å². The van der Waals surface area contributed by atoms with E-state index in [2.05, 4.69) is 25.9 Å². The van der Waals surface area contributed by atoms with Crippen molar-refractivity contribution in [1.29, 1.82) is 0 Å². The molecule has 0 bridgehead atoms. The van der Waals surface area contributed by atoms with Crippen LogP contribution >= 0.6 is 11.3 Å². The highest BCUT2D eigenvalue weighted by molar-refractivity contribution is 7.19. The molecule has 1 aliphatic heterocycles. The molecule has 5 nitrogen and oxygen atoms in total. The van der Waals surface area contributed by atoms with Gasteiger partial charge in [0.1, 0.15) is 17.0 Å². The minimum atomic E-state index is 0.438. The first-order chi connectivity index (χ1) is 11.9. The number of fused-ring (bicyclic) bond motifs is 3. The highest BCUT2D eigenvalue weighted by Crippen LogP contribution is 2.40. The molecule has 1 saturated heterocycles. The van der Waals surface area contributed by atoms with Crippen LogP contribution in [-0.4, -0.2) is 32.8 Å². The fraction of sp³-hybridized carbons (Fsp3) is 0.500. The number of nitrogens with zero attached hydrogens (tertiary/aromatic N) is 5. The summed E-state index contributed by atoms with van der Waals surface area (Å²) in [7, 11) is 0. The van der Waals surface area contributed by atoms with E-state index in [4.69, 9.17) is 4.98 Å². The van der Waals surface area contributed by atoms with Crippen LogP contribution in [0.1, 0.15) is 42.2 Å². The highest BCUT2D eigenvalue weighted by Gasteiger charge is 2.27. The van der Waals surface area contributed by atoms with Crippen molar-refractivity contribution in [3.8, 4) is 0 Å². The van der Waals surface area contributed by atoms with Gasteiger partial charge in [-0.1, -0.05) is 0 Å².